The Morgan fingerprint density at radius 2 is 1.47 bits per heavy atom. The van der Waals surface area contributed by atoms with Gasteiger partial charge >= 0.3 is 5.97 Å². The number of carboxylic acids is 1. The summed E-state index contributed by atoms with van der Waals surface area (Å²) in [6.07, 6.45) is -1.15. The van der Waals surface area contributed by atoms with Crippen molar-refractivity contribution in [3.63, 3.8) is 0 Å². The van der Waals surface area contributed by atoms with Crippen molar-refractivity contribution < 1.29 is 49.6 Å². The Bertz CT molecular complexity index is 1170. The number of methoxy groups -OCH3 is 2. The summed E-state index contributed by atoms with van der Waals surface area (Å²) in [5.41, 5.74) is 0.273. The van der Waals surface area contributed by atoms with Crippen molar-refractivity contribution >= 4 is 5.97 Å². The zero-order valence-electron chi connectivity index (χ0n) is 18.3. The average molecular weight is 472 g/mol. The number of phenolic OH excluding ortho intramolecular Hbond substituents is 4. The Morgan fingerprint density at radius 3 is 2.03 bits per heavy atom. The molecule has 0 bridgehead atoms. The second kappa shape index (κ2) is 10.1. The molecule has 0 aromatic heterocycles. The number of phenols is 4. The van der Waals surface area contributed by atoms with E-state index in [4.69, 9.17) is 14.2 Å². The van der Waals surface area contributed by atoms with Crippen LogP contribution in [0.4, 0.5) is 0 Å². The number of hydrogen-bond donors (Lipinski definition) is 6. The number of rotatable bonds is 9. The van der Waals surface area contributed by atoms with Gasteiger partial charge in [0.15, 0.2) is 23.0 Å². The monoisotopic (exact) mass is 472 g/mol. The summed E-state index contributed by atoms with van der Waals surface area (Å²) in [6, 6.07) is 10.2. The van der Waals surface area contributed by atoms with Gasteiger partial charge < -0.3 is 44.8 Å². The predicted octanol–water partition coefficient (Wildman–Crippen LogP) is 2.80. The fraction of sp³-hybridized carbons (Fsp3) is 0.208. The predicted molar refractivity (Wildman–Crippen MR) is 119 cm³/mol. The highest BCUT2D eigenvalue weighted by Crippen LogP contribution is 2.45. The molecule has 0 heterocycles. The molecule has 10 nitrogen and oxygen atoms in total. The van der Waals surface area contributed by atoms with Crippen LogP contribution in [0.15, 0.2) is 48.5 Å². The lowest BCUT2D eigenvalue weighted by Crippen LogP contribution is -2.30. The van der Waals surface area contributed by atoms with Crippen LogP contribution < -0.4 is 14.2 Å². The van der Waals surface area contributed by atoms with Crippen LogP contribution in [0.3, 0.4) is 0 Å². The van der Waals surface area contributed by atoms with Crippen molar-refractivity contribution in [2.45, 2.75) is 12.0 Å². The van der Waals surface area contributed by atoms with Crippen molar-refractivity contribution in [1.29, 1.82) is 0 Å². The van der Waals surface area contributed by atoms with Crippen molar-refractivity contribution in [3.05, 3.63) is 65.2 Å². The Labute approximate surface area is 194 Å². The Morgan fingerprint density at radius 1 is 0.824 bits per heavy atom. The van der Waals surface area contributed by atoms with Crippen LogP contribution in [0.25, 0.3) is 0 Å². The van der Waals surface area contributed by atoms with Gasteiger partial charge in [0.25, 0.3) is 0 Å². The van der Waals surface area contributed by atoms with Gasteiger partial charge in [-0.25, -0.2) is 4.79 Å². The molecular weight excluding hydrogens is 448 g/mol. The summed E-state index contributed by atoms with van der Waals surface area (Å²) in [5.74, 6) is -3.40. The highest BCUT2D eigenvalue weighted by molar-refractivity contribution is 5.88. The van der Waals surface area contributed by atoms with E-state index in [2.05, 4.69) is 0 Å². The maximum absolute atomic E-state index is 11.3. The van der Waals surface area contributed by atoms with Gasteiger partial charge in [-0.3, -0.25) is 0 Å². The summed E-state index contributed by atoms with van der Waals surface area (Å²) in [4.78, 5) is 11.3. The number of carboxylic acid groups (broad SMARTS) is 1. The van der Waals surface area contributed by atoms with Gasteiger partial charge in [-0.2, -0.15) is 0 Å². The molecule has 0 fully saturated rings. The molecule has 2 unspecified atom stereocenters. The summed E-state index contributed by atoms with van der Waals surface area (Å²) in [5, 5.41) is 60.3. The van der Waals surface area contributed by atoms with Crippen LogP contribution in [-0.4, -0.2) is 63.5 Å². The standard InChI is InChI=1S/C24H24O10/c1-32-19-7-12(3-5-15(19)27)22(23-16(28)9-14(26)10-17(23)29)21(11-25)34-18-6-4-13(24(30)31)8-20(18)33-2/h3-10,21-22,25-29H,11H2,1-2H3,(H,30,31). The molecule has 0 spiro atoms. The van der Waals surface area contributed by atoms with Gasteiger partial charge in [-0.15, -0.1) is 0 Å². The molecule has 10 heteroatoms. The molecule has 0 aliphatic carbocycles. The average Bonchev–Trinajstić information content (AvgIpc) is 2.80. The van der Waals surface area contributed by atoms with E-state index in [1.54, 1.807) is 0 Å². The normalized spacial score (nSPS) is 12.6. The van der Waals surface area contributed by atoms with Crippen molar-refractivity contribution in [1.82, 2.24) is 0 Å². The van der Waals surface area contributed by atoms with E-state index >= 15 is 0 Å². The second-order valence-corrected chi connectivity index (χ2v) is 7.32. The first-order valence-corrected chi connectivity index (χ1v) is 10.0. The number of aromatic hydroxyl groups is 4. The smallest absolute Gasteiger partial charge is 0.335 e. The number of carbonyl (C=O) groups is 1. The molecule has 3 aromatic carbocycles. The third-order valence-electron chi connectivity index (χ3n) is 5.24. The Balaban J connectivity index is 2.16. The van der Waals surface area contributed by atoms with Gasteiger partial charge in [0.2, 0.25) is 0 Å². The van der Waals surface area contributed by atoms with Gasteiger partial charge in [-0.05, 0) is 35.9 Å². The van der Waals surface area contributed by atoms with Crippen LogP contribution in [-0.2, 0) is 0 Å². The summed E-state index contributed by atoms with van der Waals surface area (Å²) < 4.78 is 16.4. The molecule has 0 aliphatic rings. The lowest BCUT2D eigenvalue weighted by Gasteiger charge is -2.29. The molecule has 0 radical (unpaired) electrons. The van der Waals surface area contributed by atoms with E-state index < -0.39 is 36.1 Å². The van der Waals surface area contributed by atoms with Crippen molar-refractivity contribution in [2.24, 2.45) is 0 Å². The minimum absolute atomic E-state index is 0.0432. The van der Waals surface area contributed by atoms with E-state index in [0.717, 1.165) is 12.1 Å². The van der Waals surface area contributed by atoms with E-state index in [1.165, 1.54) is 50.6 Å². The van der Waals surface area contributed by atoms with E-state index in [0.29, 0.717) is 5.56 Å². The molecule has 3 rings (SSSR count). The molecular formula is C24H24O10. The first-order valence-electron chi connectivity index (χ1n) is 10.0. The first kappa shape index (κ1) is 24.3. The quantitative estimate of drug-likeness (QED) is 0.273. The maximum Gasteiger partial charge on any atom is 0.335 e. The Hall–Kier alpha value is -4.31. The SMILES string of the molecule is COc1cc(C(c2c(O)cc(O)cc2O)C(CO)Oc2ccc(C(=O)O)cc2OC)ccc1O. The number of aromatic carboxylic acids is 1. The minimum atomic E-state index is -1.17. The third-order valence-corrected chi connectivity index (χ3v) is 5.24. The fourth-order valence-corrected chi connectivity index (χ4v) is 3.65. The lowest BCUT2D eigenvalue weighted by atomic mass is 9.85. The van der Waals surface area contributed by atoms with Gasteiger partial charge in [0.05, 0.1) is 32.3 Å². The minimum Gasteiger partial charge on any atom is -0.508 e. The van der Waals surface area contributed by atoms with E-state index in [9.17, 15) is 35.4 Å². The molecule has 2 atom stereocenters. The molecule has 0 saturated carbocycles. The van der Waals surface area contributed by atoms with Gasteiger partial charge in [0.1, 0.15) is 23.4 Å². The van der Waals surface area contributed by atoms with Gasteiger partial charge in [0, 0.05) is 17.7 Å². The van der Waals surface area contributed by atoms with Gasteiger partial charge in [-0.1, -0.05) is 6.07 Å². The van der Waals surface area contributed by atoms with Crippen LogP contribution in [0.2, 0.25) is 0 Å². The topological polar surface area (TPSA) is 166 Å². The zero-order chi connectivity index (χ0) is 25.0. The number of hydrogen-bond acceptors (Lipinski definition) is 9. The van der Waals surface area contributed by atoms with Crippen molar-refractivity contribution in [2.75, 3.05) is 20.8 Å². The van der Waals surface area contributed by atoms with Crippen LogP contribution in [0.1, 0.15) is 27.4 Å². The highest BCUT2D eigenvalue weighted by Gasteiger charge is 2.33. The van der Waals surface area contributed by atoms with Crippen LogP contribution in [0, 0.1) is 0 Å². The molecule has 180 valence electrons. The number of aliphatic hydroxyl groups is 1. The highest BCUT2D eigenvalue weighted by atomic mass is 16.5. The summed E-state index contributed by atoms with van der Waals surface area (Å²) in [7, 11) is 2.67. The summed E-state index contributed by atoms with van der Waals surface area (Å²) in [6.45, 7) is -0.614. The fourth-order valence-electron chi connectivity index (χ4n) is 3.65. The molecule has 0 aliphatic heterocycles. The molecule has 0 saturated heterocycles. The Kier molecular flexibility index (Phi) is 7.22. The molecule has 3 aromatic rings. The van der Waals surface area contributed by atoms with E-state index in [-0.39, 0.29) is 39.9 Å². The maximum atomic E-state index is 11.3. The number of benzene rings is 3. The van der Waals surface area contributed by atoms with Crippen molar-refractivity contribution in [3.8, 4) is 40.2 Å². The number of ether oxygens (including phenoxy) is 3. The second-order valence-electron chi connectivity index (χ2n) is 7.32. The zero-order valence-corrected chi connectivity index (χ0v) is 18.3. The van der Waals surface area contributed by atoms with Crippen LogP contribution in [0.5, 0.6) is 40.2 Å². The molecule has 6 N–H and O–H groups in total. The van der Waals surface area contributed by atoms with Crippen LogP contribution >= 0.6 is 0 Å². The molecule has 0 amide bonds. The summed E-state index contributed by atoms with van der Waals surface area (Å²) >= 11 is 0. The number of aliphatic hydroxyl groups excluding tert-OH is 1. The van der Waals surface area contributed by atoms with E-state index in [1.807, 2.05) is 0 Å². The first-order chi connectivity index (χ1) is 16.2. The largest absolute Gasteiger partial charge is 0.508 e. The molecule has 34 heavy (non-hydrogen) atoms. The third kappa shape index (κ3) is 4.86. The lowest BCUT2D eigenvalue weighted by molar-refractivity contribution is 0.0695.